The lowest BCUT2D eigenvalue weighted by Gasteiger charge is -2.27. The van der Waals surface area contributed by atoms with Crippen LogP contribution in [0, 0.1) is 0 Å². The molecule has 0 bridgehead atoms. The molecule has 0 saturated carbocycles. The van der Waals surface area contributed by atoms with Crippen molar-refractivity contribution in [2.45, 2.75) is 51.7 Å². The van der Waals surface area contributed by atoms with Gasteiger partial charge in [-0.25, -0.2) is 0 Å². The third-order valence-electron chi connectivity index (χ3n) is 3.40. The smallest absolute Gasteiger partial charge is 0.0819 e. The van der Waals surface area contributed by atoms with E-state index >= 15 is 0 Å². The quantitative estimate of drug-likeness (QED) is 0.722. The van der Waals surface area contributed by atoms with Gasteiger partial charge < -0.3 is 15.3 Å². The van der Waals surface area contributed by atoms with Crippen molar-refractivity contribution in [3.8, 4) is 0 Å². The monoisotopic (exact) mass is 214 g/mol. The van der Waals surface area contributed by atoms with Crippen molar-refractivity contribution in [1.82, 2.24) is 10.2 Å². The molecular weight excluding hydrogens is 188 g/mol. The fraction of sp³-hybridized carbons (Fsp3) is 1.00. The van der Waals surface area contributed by atoms with E-state index in [9.17, 15) is 5.11 Å². The van der Waals surface area contributed by atoms with Crippen LogP contribution >= 0.6 is 0 Å². The van der Waals surface area contributed by atoms with Gasteiger partial charge in [-0.1, -0.05) is 26.7 Å². The molecule has 2 unspecified atom stereocenters. The van der Waals surface area contributed by atoms with Crippen LogP contribution in [0.3, 0.4) is 0 Å². The van der Waals surface area contributed by atoms with Gasteiger partial charge in [0.25, 0.3) is 0 Å². The van der Waals surface area contributed by atoms with Gasteiger partial charge in [0, 0.05) is 12.6 Å². The van der Waals surface area contributed by atoms with Crippen molar-refractivity contribution >= 4 is 0 Å². The van der Waals surface area contributed by atoms with Crippen LogP contribution in [-0.4, -0.2) is 48.3 Å². The van der Waals surface area contributed by atoms with E-state index in [1.165, 1.54) is 19.3 Å². The predicted molar refractivity (Wildman–Crippen MR) is 64.1 cm³/mol. The highest BCUT2D eigenvalue weighted by molar-refractivity contribution is 4.80. The van der Waals surface area contributed by atoms with Gasteiger partial charge in [-0.15, -0.1) is 0 Å². The molecule has 0 aromatic heterocycles. The number of hydrogen-bond donors (Lipinski definition) is 2. The van der Waals surface area contributed by atoms with Crippen LogP contribution in [0.2, 0.25) is 0 Å². The highest BCUT2D eigenvalue weighted by Gasteiger charge is 2.21. The lowest BCUT2D eigenvalue weighted by atomic mass is 10.0. The Kier molecular flexibility index (Phi) is 6.22. The largest absolute Gasteiger partial charge is 0.390 e. The fourth-order valence-corrected chi connectivity index (χ4v) is 2.26. The Hall–Kier alpha value is -0.120. The minimum atomic E-state index is -0.206. The number of likely N-dealkylation sites (N-methyl/N-ethyl adjacent to an activating group) is 1. The third kappa shape index (κ3) is 4.49. The number of rotatable bonds is 5. The number of nitrogens with one attached hydrogen (secondary N) is 1. The maximum absolute atomic E-state index is 10.1. The number of nitrogens with zero attached hydrogens (tertiary/aromatic N) is 1. The summed E-state index contributed by atoms with van der Waals surface area (Å²) in [6, 6.07) is 0.313. The zero-order chi connectivity index (χ0) is 11.1. The van der Waals surface area contributed by atoms with E-state index in [0.717, 1.165) is 32.6 Å². The van der Waals surface area contributed by atoms with Gasteiger partial charge in [0.1, 0.15) is 0 Å². The average molecular weight is 214 g/mol. The van der Waals surface area contributed by atoms with Gasteiger partial charge in [0.05, 0.1) is 6.10 Å². The molecule has 0 radical (unpaired) electrons. The van der Waals surface area contributed by atoms with Gasteiger partial charge in [-0.3, -0.25) is 0 Å². The third-order valence-corrected chi connectivity index (χ3v) is 3.40. The molecule has 3 nitrogen and oxygen atoms in total. The zero-order valence-corrected chi connectivity index (χ0v) is 10.2. The number of aliphatic hydroxyl groups is 1. The first-order valence-electron chi connectivity index (χ1n) is 6.41. The topological polar surface area (TPSA) is 35.5 Å². The predicted octanol–water partition coefficient (Wildman–Crippen LogP) is 1.22. The van der Waals surface area contributed by atoms with Gasteiger partial charge in [-0.2, -0.15) is 0 Å². The molecule has 1 aliphatic heterocycles. The Balaban J connectivity index is 2.33. The van der Waals surface area contributed by atoms with Crippen molar-refractivity contribution < 1.29 is 5.11 Å². The van der Waals surface area contributed by atoms with Crippen LogP contribution < -0.4 is 5.32 Å². The second-order valence-corrected chi connectivity index (χ2v) is 4.46. The molecule has 0 spiro atoms. The Morgan fingerprint density at radius 1 is 1.27 bits per heavy atom. The Morgan fingerprint density at radius 3 is 2.67 bits per heavy atom. The summed E-state index contributed by atoms with van der Waals surface area (Å²) in [5.74, 6) is 0. The highest BCUT2D eigenvalue weighted by atomic mass is 16.3. The number of aliphatic hydroxyl groups excluding tert-OH is 1. The maximum atomic E-state index is 10.1. The fourth-order valence-electron chi connectivity index (χ4n) is 2.26. The van der Waals surface area contributed by atoms with Crippen molar-refractivity contribution in [2.75, 3.05) is 26.2 Å². The highest BCUT2D eigenvalue weighted by Crippen LogP contribution is 2.12. The first kappa shape index (κ1) is 12.9. The summed E-state index contributed by atoms with van der Waals surface area (Å²) in [6.07, 6.45) is 4.74. The zero-order valence-electron chi connectivity index (χ0n) is 10.2. The molecule has 2 N–H and O–H groups in total. The van der Waals surface area contributed by atoms with Gasteiger partial charge >= 0.3 is 0 Å². The van der Waals surface area contributed by atoms with E-state index in [-0.39, 0.29) is 6.10 Å². The molecule has 1 fully saturated rings. The van der Waals surface area contributed by atoms with E-state index in [0.29, 0.717) is 6.04 Å². The average Bonchev–Trinajstić information content (AvgIpc) is 2.54. The summed E-state index contributed by atoms with van der Waals surface area (Å²) < 4.78 is 0. The minimum Gasteiger partial charge on any atom is -0.390 e. The van der Waals surface area contributed by atoms with E-state index in [1.54, 1.807) is 0 Å². The summed E-state index contributed by atoms with van der Waals surface area (Å²) in [4.78, 5) is 2.29. The van der Waals surface area contributed by atoms with Crippen molar-refractivity contribution in [2.24, 2.45) is 0 Å². The lowest BCUT2D eigenvalue weighted by molar-refractivity contribution is 0.0817. The molecule has 0 amide bonds. The summed E-state index contributed by atoms with van der Waals surface area (Å²) in [6.45, 7) is 8.23. The van der Waals surface area contributed by atoms with Crippen LogP contribution in [0.25, 0.3) is 0 Å². The van der Waals surface area contributed by atoms with Gasteiger partial charge in [0.2, 0.25) is 0 Å². The molecule has 1 rings (SSSR count). The van der Waals surface area contributed by atoms with Crippen LogP contribution in [0.5, 0.6) is 0 Å². The molecule has 1 aliphatic rings. The molecule has 1 heterocycles. The first-order chi connectivity index (χ1) is 7.27. The van der Waals surface area contributed by atoms with Crippen molar-refractivity contribution in [3.63, 3.8) is 0 Å². The molecule has 15 heavy (non-hydrogen) atoms. The molecule has 2 atom stereocenters. The normalized spacial score (nSPS) is 25.2. The Labute approximate surface area is 93.9 Å². The van der Waals surface area contributed by atoms with Crippen LogP contribution in [0.15, 0.2) is 0 Å². The minimum absolute atomic E-state index is 0.206. The summed E-state index contributed by atoms with van der Waals surface area (Å²) in [7, 11) is 0. The molecular formula is C12H26N2O. The molecule has 90 valence electrons. The van der Waals surface area contributed by atoms with Crippen molar-refractivity contribution in [3.05, 3.63) is 0 Å². The van der Waals surface area contributed by atoms with Crippen LogP contribution in [0.4, 0.5) is 0 Å². The molecule has 0 aromatic carbocycles. The lowest BCUT2D eigenvalue weighted by Crippen LogP contribution is -2.45. The van der Waals surface area contributed by atoms with Crippen LogP contribution in [0.1, 0.15) is 39.5 Å². The van der Waals surface area contributed by atoms with E-state index < -0.39 is 0 Å². The van der Waals surface area contributed by atoms with Crippen LogP contribution in [-0.2, 0) is 0 Å². The summed E-state index contributed by atoms with van der Waals surface area (Å²) >= 11 is 0. The first-order valence-corrected chi connectivity index (χ1v) is 6.41. The molecule has 0 aliphatic carbocycles. The number of hydrogen-bond acceptors (Lipinski definition) is 3. The summed E-state index contributed by atoms with van der Waals surface area (Å²) in [5.41, 5.74) is 0. The van der Waals surface area contributed by atoms with E-state index in [2.05, 4.69) is 24.1 Å². The van der Waals surface area contributed by atoms with Crippen molar-refractivity contribution in [1.29, 1.82) is 0 Å². The standard InChI is InChI=1S/C12H26N2O/c1-3-14(4-2)10-12(15)11-8-6-5-7-9-13-11/h11-13,15H,3-10H2,1-2H3. The van der Waals surface area contributed by atoms with Gasteiger partial charge in [-0.05, 0) is 32.5 Å². The van der Waals surface area contributed by atoms with E-state index in [4.69, 9.17) is 0 Å². The molecule has 1 saturated heterocycles. The van der Waals surface area contributed by atoms with Gasteiger partial charge in [0.15, 0.2) is 0 Å². The second-order valence-electron chi connectivity index (χ2n) is 4.46. The Bertz CT molecular complexity index is 152. The summed E-state index contributed by atoms with van der Waals surface area (Å²) in [5, 5.41) is 13.6. The SMILES string of the molecule is CCN(CC)CC(O)C1CCCCCN1. The Morgan fingerprint density at radius 2 is 2.00 bits per heavy atom. The van der Waals surface area contributed by atoms with E-state index in [1.807, 2.05) is 0 Å². The molecule has 0 aromatic rings. The molecule has 3 heteroatoms. The maximum Gasteiger partial charge on any atom is 0.0819 e. The second kappa shape index (κ2) is 7.20.